The highest BCUT2D eigenvalue weighted by Crippen LogP contribution is 2.27. The lowest BCUT2D eigenvalue weighted by molar-refractivity contribution is 0.102. The number of aryl methyl sites for hydroxylation is 2. The molecule has 0 bridgehead atoms. The fraction of sp³-hybridized carbons (Fsp3) is 0.267. The molecule has 3 N–H and O–H groups in total. The zero-order valence-corrected chi connectivity index (χ0v) is 21.4. The SMILES string of the molecule is Cc1cn(-c2cc(CN3CCC[C@@H](N)C3)cc(NC(=O)c3ccc(C)c(Oc4ccccc4)c3)c2)cn1. The minimum Gasteiger partial charge on any atom is -0.457 e. The predicted octanol–water partition coefficient (Wildman–Crippen LogP) is 5.46. The van der Waals surface area contributed by atoms with Crippen molar-refractivity contribution in [3.63, 3.8) is 0 Å². The first-order valence-corrected chi connectivity index (χ1v) is 12.7. The number of para-hydroxylation sites is 1. The van der Waals surface area contributed by atoms with Crippen LogP contribution in [0.2, 0.25) is 0 Å². The number of hydrogen-bond donors (Lipinski definition) is 2. The highest BCUT2D eigenvalue weighted by atomic mass is 16.5. The molecule has 2 heterocycles. The predicted molar refractivity (Wildman–Crippen MR) is 146 cm³/mol. The lowest BCUT2D eigenvalue weighted by Crippen LogP contribution is -2.42. The standard InChI is InChI=1S/C30H33N5O2/c1-21-10-11-24(15-29(21)37-28-8-4-3-5-9-28)30(36)33-26-13-23(18-34-12-6-7-25(31)19-34)14-27(16-26)35-17-22(2)32-20-35/h3-5,8-11,13-17,20,25H,6-7,12,18-19,31H2,1-2H3,(H,33,36)/t25-/m1/s1. The Morgan fingerprint density at radius 1 is 1.11 bits per heavy atom. The first-order valence-electron chi connectivity index (χ1n) is 12.7. The van der Waals surface area contributed by atoms with E-state index in [0.29, 0.717) is 11.3 Å². The molecule has 0 spiro atoms. The summed E-state index contributed by atoms with van der Waals surface area (Å²) in [5.74, 6) is 1.19. The van der Waals surface area contributed by atoms with Crippen molar-refractivity contribution in [3.05, 3.63) is 102 Å². The molecule has 7 heteroatoms. The Kier molecular flexibility index (Phi) is 7.35. The molecule has 1 aliphatic heterocycles. The van der Waals surface area contributed by atoms with Gasteiger partial charge in [0.15, 0.2) is 0 Å². The van der Waals surface area contributed by atoms with Crippen LogP contribution >= 0.6 is 0 Å². The first-order chi connectivity index (χ1) is 17.9. The molecule has 0 unspecified atom stereocenters. The number of piperidine rings is 1. The number of likely N-dealkylation sites (tertiary alicyclic amines) is 1. The van der Waals surface area contributed by atoms with Gasteiger partial charge in [0, 0.05) is 42.3 Å². The van der Waals surface area contributed by atoms with Crippen LogP contribution in [0.1, 0.15) is 40.0 Å². The molecule has 0 radical (unpaired) electrons. The molecule has 7 nitrogen and oxygen atoms in total. The summed E-state index contributed by atoms with van der Waals surface area (Å²) in [6, 6.07) is 21.5. The number of rotatable bonds is 7. The zero-order valence-electron chi connectivity index (χ0n) is 21.4. The summed E-state index contributed by atoms with van der Waals surface area (Å²) in [4.78, 5) is 20.1. The van der Waals surface area contributed by atoms with Crippen LogP contribution in [0, 0.1) is 13.8 Å². The Hall–Kier alpha value is -3.94. The van der Waals surface area contributed by atoms with Crippen LogP contribution in [-0.2, 0) is 6.54 Å². The quantitative estimate of drug-likeness (QED) is 0.356. The van der Waals surface area contributed by atoms with Gasteiger partial charge in [-0.15, -0.1) is 0 Å². The Balaban J connectivity index is 1.40. The van der Waals surface area contributed by atoms with Gasteiger partial charge >= 0.3 is 0 Å². The molecule has 1 aliphatic rings. The number of nitrogens with one attached hydrogen (secondary N) is 1. The zero-order chi connectivity index (χ0) is 25.8. The maximum atomic E-state index is 13.3. The fourth-order valence-electron chi connectivity index (χ4n) is 4.71. The van der Waals surface area contributed by atoms with Gasteiger partial charge in [-0.3, -0.25) is 9.69 Å². The largest absolute Gasteiger partial charge is 0.457 e. The van der Waals surface area contributed by atoms with Crippen LogP contribution in [0.5, 0.6) is 11.5 Å². The van der Waals surface area contributed by atoms with Gasteiger partial charge in [-0.1, -0.05) is 24.3 Å². The van der Waals surface area contributed by atoms with E-state index in [9.17, 15) is 4.79 Å². The molecule has 5 rings (SSSR count). The second kappa shape index (κ2) is 11.0. The molecule has 0 aliphatic carbocycles. The number of carbonyl (C=O) groups excluding carboxylic acids is 1. The van der Waals surface area contributed by atoms with Crippen molar-refractivity contribution in [1.29, 1.82) is 0 Å². The molecule has 1 aromatic heterocycles. The van der Waals surface area contributed by atoms with Gasteiger partial charge in [-0.25, -0.2) is 4.98 Å². The van der Waals surface area contributed by atoms with Crippen molar-refractivity contribution in [1.82, 2.24) is 14.5 Å². The molecule has 1 amide bonds. The summed E-state index contributed by atoms with van der Waals surface area (Å²) in [6.45, 7) is 6.61. The Labute approximate surface area is 217 Å². The van der Waals surface area contributed by atoms with Gasteiger partial charge in [-0.2, -0.15) is 0 Å². The van der Waals surface area contributed by atoms with Crippen molar-refractivity contribution in [3.8, 4) is 17.2 Å². The number of anilines is 1. The Morgan fingerprint density at radius 2 is 1.95 bits per heavy atom. The molecule has 3 aromatic carbocycles. The molecular weight excluding hydrogens is 462 g/mol. The van der Waals surface area contributed by atoms with Gasteiger partial charge in [-0.05, 0) is 86.8 Å². The molecule has 0 saturated carbocycles. The minimum atomic E-state index is -0.192. The summed E-state index contributed by atoms with van der Waals surface area (Å²) in [6.07, 6.45) is 5.95. The number of amides is 1. The summed E-state index contributed by atoms with van der Waals surface area (Å²) < 4.78 is 8.02. The van der Waals surface area contributed by atoms with Gasteiger partial charge in [0.2, 0.25) is 0 Å². The van der Waals surface area contributed by atoms with Gasteiger partial charge in [0.1, 0.15) is 11.5 Å². The van der Waals surface area contributed by atoms with Crippen LogP contribution in [0.15, 0.2) is 79.3 Å². The monoisotopic (exact) mass is 495 g/mol. The number of imidazole rings is 1. The van der Waals surface area contributed by atoms with Crippen LogP contribution in [-0.4, -0.2) is 39.5 Å². The van der Waals surface area contributed by atoms with Crippen molar-refractivity contribution >= 4 is 11.6 Å². The number of nitrogens with zero attached hydrogens (tertiary/aromatic N) is 3. The number of hydrogen-bond acceptors (Lipinski definition) is 5. The van der Waals surface area contributed by atoms with E-state index in [2.05, 4.69) is 21.3 Å². The highest BCUT2D eigenvalue weighted by molar-refractivity contribution is 6.04. The smallest absolute Gasteiger partial charge is 0.255 e. The van der Waals surface area contributed by atoms with Crippen LogP contribution in [0.25, 0.3) is 5.69 Å². The molecule has 4 aromatic rings. The van der Waals surface area contributed by atoms with E-state index in [1.165, 1.54) is 0 Å². The molecule has 190 valence electrons. The minimum absolute atomic E-state index is 0.192. The number of aromatic nitrogens is 2. The lowest BCUT2D eigenvalue weighted by Gasteiger charge is -2.30. The van der Waals surface area contributed by atoms with E-state index >= 15 is 0 Å². The molecule has 1 saturated heterocycles. The van der Waals surface area contributed by atoms with Crippen LogP contribution < -0.4 is 15.8 Å². The third-order valence-corrected chi connectivity index (χ3v) is 6.61. The van der Waals surface area contributed by atoms with Crippen molar-refractivity contribution < 1.29 is 9.53 Å². The Bertz CT molecular complexity index is 1380. The van der Waals surface area contributed by atoms with Crippen LogP contribution in [0.3, 0.4) is 0 Å². The first kappa shape index (κ1) is 24.7. The number of carbonyl (C=O) groups is 1. The second-order valence-corrected chi connectivity index (χ2v) is 9.80. The number of ether oxygens (including phenoxy) is 1. The lowest BCUT2D eigenvalue weighted by atomic mass is 10.0. The van der Waals surface area contributed by atoms with E-state index in [1.807, 2.05) is 79.2 Å². The average Bonchev–Trinajstić information content (AvgIpc) is 3.32. The highest BCUT2D eigenvalue weighted by Gasteiger charge is 2.18. The summed E-state index contributed by atoms with van der Waals surface area (Å²) in [5.41, 5.74) is 11.4. The van der Waals surface area contributed by atoms with Crippen molar-refractivity contribution in [2.45, 2.75) is 39.3 Å². The van der Waals surface area contributed by atoms with Crippen molar-refractivity contribution in [2.24, 2.45) is 5.73 Å². The number of nitrogens with two attached hydrogens (primary N) is 1. The fourth-order valence-corrected chi connectivity index (χ4v) is 4.71. The van der Waals surface area contributed by atoms with Crippen molar-refractivity contribution in [2.75, 3.05) is 18.4 Å². The molecule has 1 fully saturated rings. The Morgan fingerprint density at radius 3 is 2.70 bits per heavy atom. The number of benzene rings is 3. The second-order valence-electron chi connectivity index (χ2n) is 9.80. The summed E-state index contributed by atoms with van der Waals surface area (Å²) in [7, 11) is 0. The maximum Gasteiger partial charge on any atom is 0.255 e. The van der Waals surface area contributed by atoms with E-state index in [-0.39, 0.29) is 11.9 Å². The van der Waals surface area contributed by atoms with E-state index in [4.69, 9.17) is 10.5 Å². The van der Waals surface area contributed by atoms with E-state index in [1.54, 1.807) is 12.4 Å². The third kappa shape index (κ3) is 6.25. The molecule has 1 atom stereocenters. The van der Waals surface area contributed by atoms with Crippen LogP contribution in [0.4, 0.5) is 5.69 Å². The van der Waals surface area contributed by atoms with Gasteiger partial charge < -0.3 is 20.4 Å². The maximum absolute atomic E-state index is 13.3. The molecular formula is C30H33N5O2. The topological polar surface area (TPSA) is 85.4 Å². The third-order valence-electron chi connectivity index (χ3n) is 6.61. The van der Waals surface area contributed by atoms with Gasteiger partial charge in [0.25, 0.3) is 5.91 Å². The van der Waals surface area contributed by atoms with E-state index < -0.39 is 0 Å². The summed E-state index contributed by atoms with van der Waals surface area (Å²) >= 11 is 0. The normalized spacial score (nSPS) is 15.9. The average molecular weight is 496 g/mol. The van der Waals surface area contributed by atoms with E-state index in [0.717, 1.165) is 66.4 Å². The molecule has 37 heavy (non-hydrogen) atoms. The van der Waals surface area contributed by atoms with Gasteiger partial charge in [0.05, 0.1) is 12.0 Å². The summed E-state index contributed by atoms with van der Waals surface area (Å²) in [5, 5.41) is 3.10.